The third-order valence-electron chi connectivity index (χ3n) is 2.76. The largest absolute Gasteiger partial charge is 0.382 e. The molecular formula is C13H21NO. The van der Waals surface area contributed by atoms with E-state index in [9.17, 15) is 0 Å². The number of rotatable bonds is 5. The zero-order valence-electron chi connectivity index (χ0n) is 10.1. The second kappa shape index (κ2) is 5.89. The van der Waals surface area contributed by atoms with Crippen LogP contribution in [0.1, 0.15) is 30.5 Å². The van der Waals surface area contributed by atoms with E-state index < -0.39 is 0 Å². The van der Waals surface area contributed by atoms with Gasteiger partial charge in [-0.15, -0.1) is 0 Å². The minimum atomic E-state index is 0.281. The van der Waals surface area contributed by atoms with E-state index in [0.29, 0.717) is 6.04 Å². The summed E-state index contributed by atoms with van der Waals surface area (Å²) in [6, 6.07) is 8.99. The molecule has 0 amide bonds. The fourth-order valence-corrected chi connectivity index (χ4v) is 1.74. The van der Waals surface area contributed by atoms with Gasteiger partial charge in [0, 0.05) is 13.2 Å². The molecule has 1 aromatic carbocycles. The number of ether oxygens (including phenoxy) is 1. The Labute approximate surface area is 92.6 Å². The molecule has 0 fully saturated rings. The van der Waals surface area contributed by atoms with E-state index in [1.54, 1.807) is 7.11 Å². The van der Waals surface area contributed by atoms with Crippen molar-refractivity contribution in [3.8, 4) is 0 Å². The van der Waals surface area contributed by atoms with Crippen LogP contribution in [0.3, 0.4) is 0 Å². The Bertz CT molecular complexity index is 298. The molecule has 1 N–H and O–H groups in total. The highest BCUT2D eigenvalue weighted by atomic mass is 16.5. The van der Waals surface area contributed by atoms with Crippen molar-refractivity contribution < 1.29 is 4.74 Å². The van der Waals surface area contributed by atoms with E-state index >= 15 is 0 Å². The van der Waals surface area contributed by atoms with Gasteiger partial charge in [0.2, 0.25) is 0 Å². The van der Waals surface area contributed by atoms with E-state index in [2.05, 4.69) is 43.4 Å². The van der Waals surface area contributed by atoms with Crippen molar-refractivity contribution in [3.05, 3.63) is 35.4 Å². The summed E-state index contributed by atoms with van der Waals surface area (Å²) in [6.45, 7) is 4.22. The van der Waals surface area contributed by atoms with Gasteiger partial charge in [0.25, 0.3) is 0 Å². The van der Waals surface area contributed by atoms with Crippen LogP contribution in [0, 0.1) is 6.92 Å². The van der Waals surface area contributed by atoms with Crippen molar-refractivity contribution in [1.82, 2.24) is 5.32 Å². The summed E-state index contributed by atoms with van der Waals surface area (Å²) in [6.07, 6.45) is 1.28. The highest BCUT2D eigenvalue weighted by Gasteiger charge is 2.12. The maximum absolute atomic E-state index is 5.29. The van der Waals surface area contributed by atoms with E-state index in [0.717, 1.165) is 6.42 Å². The van der Waals surface area contributed by atoms with Crippen LogP contribution in [0.5, 0.6) is 0 Å². The molecule has 2 heteroatoms. The molecule has 0 aliphatic carbocycles. The third kappa shape index (κ3) is 3.65. The van der Waals surface area contributed by atoms with E-state index in [1.165, 1.54) is 11.1 Å². The van der Waals surface area contributed by atoms with Crippen molar-refractivity contribution in [2.45, 2.75) is 32.4 Å². The van der Waals surface area contributed by atoms with Crippen LogP contribution in [-0.4, -0.2) is 20.3 Å². The number of aryl methyl sites for hydroxylation is 1. The standard InChI is InChI=1S/C13H21NO/c1-10-6-5-7-12(8-10)13(14-3)9-11(2)15-4/h5-8,11,13-14H,9H2,1-4H3. The van der Waals surface area contributed by atoms with Crippen molar-refractivity contribution in [2.24, 2.45) is 0 Å². The molecular weight excluding hydrogens is 186 g/mol. The van der Waals surface area contributed by atoms with Gasteiger partial charge < -0.3 is 10.1 Å². The third-order valence-corrected chi connectivity index (χ3v) is 2.76. The van der Waals surface area contributed by atoms with Crippen LogP contribution in [0.2, 0.25) is 0 Å². The molecule has 0 saturated heterocycles. The topological polar surface area (TPSA) is 21.3 Å². The molecule has 0 saturated carbocycles. The summed E-state index contributed by atoms with van der Waals surface area (Å²) in [5.41, 5.74) is 2.64. The average Bonchev–Trinajstić information content (AvgIpc) is 2.25. The highest BCUT2D eigenvalue weighted by molar-refractivity contribution is 5.25. The summed E-state index contributed by atoms with van der Waals surface area (Å²) < 4.78 is 5.29. The van der Waals surface area contributed by atoms with Gasteiger partial charge in [-0.05, 0) is 32.9 Å². The molecule has 0 aromatic heterocycles. The van der Waals surface area contributed by atoms with Gasteiger partial charge in [-0.1, -0.05) is 29.8 Å². The van der Waals surface area contributed by atoms with E-state index in [4.69, 9.17) is 4.74 Å². The van der Waals surface area contributed by atoms with Gasteiger partial charge in [0.05, 0.1) is 6.10 Å². The molecule has 1 rings (SSSR count). The first-order valence-corrected chi connectivity index (χ1v) is 5.44. The predicted octanol–water partition coefficient (Wildman–Crippen LogP) is 2.68. The minimum Gasteiger partial charge on any atom is -0.382 e. The molecule has 0 radical (unpaired) electrons. The minimum absolute atomic E-state index is 0.281. The van der Waals surface area contributed by atoms with Gasteiger partial charge in [0.15, 0.2) is 0 Å². The summed E-state index contributed by atoms with van der Waals surface area (Å²) in [5, 5.41) is 3.33. The zero-order valence-corrected chi connectivity index (χ0v) is 10.1. The Morgan fingerprint density at radius 3 is 2.67 bits per heavy atom. The van der Waals surface area contributed by atoms with Gasteiger partial charge in [-0.2, -0.15) is 0 Å². The highest BCUT2D eigenvalue weighted by Crippen LogP contribution is 2.19. The summed E-state index contributed by atoms with van der Waals surface area (Å²) >= 11 is 0. The van der Waals surface area contributed by atoms with Crippen LogP contribution in [0.15, 0.2) is 24.3 Å². The van der Waals surface area contributed by atoms with Gasteiger partial charge in [0.1, 0.15) is 0 Å². The molecule has 1 aromatic rings. The van der Waals surface area contributed by atoms with E-state index in [-0.39, 0.29) is 6.10 Å². The summed E-state index contributed by atoms with van der Waals surface area (Å²) in [7, 11) is 3.75. The van der Waals surface area contributed by atoms with Gasteiger partial charge in [-0.25, -0.2) is 0 Å². The van der Waals surface area contributed by atoms with Crippen molar-refractivity contribution >= 4 is 0 Å². The Hall–Kier alpha value is -0.860. The molecule has 0 spiro atoms. The molecule has 0 aliphatic heterocycles. The van der Waals surface area contributed by atoms with Crippen molar-refractivity contribution in [2.75, 3.05) is 14.2 Å². The molecule has 0 aliphatic rings. The van der Waals surface area contributed by atoms with Crippen LogP contribution in [0.4, 0.5) is 0 Å². The quantitative estimate of drug-likeness (QED) is 0.801. The van der Waals surface area contributed by atoms with Crippen molar-refractivity contribution in [3.63, 3.8) is 0 Å². The second-order valence-corrected chi connectivity index (χ2v) is 4.04. The summed E-state index contributed by atoms with van der Waals surface area (Å²) in [5.74, 6) is 0. The first-order valence-electron chi connectivity index (χ1n) is 5.44. The Morgan fingerprint density at radius 2 is 2.13 bits per heavy atom. The smallest absolute Gasteiger partial charge is 0.0561 e. The Balaban J connectivity index is 2.73. The molecule has 2 nitrogen and oxygen atoms in total. The SMILES string of the molecule is CNC(CC(C)OC)c1cccc(C)c1. The lowest BCUT2D eigenvalue weighted by atomic mass is 10.00. The van der Waals surface area contributed by atoms with Crippen LogP contribution in [0.25, 0.3) is 0 Å². The fourth-order valence-electron chi connectivity index (χ4n) is 1.74. The Morgan fingerprint density at radius 1 is 1.40 bits per heavy atom. The maximum atomic E-state index is 5.29. The molecule has 0 bridgehead atoms. The lowest BCUT2D eigenvalue weighted by Gasteiger charge is -2.20. The number of hydrogen-bond acceptors (Lipinski definition) is 2. The predicted molar refractivity (Wildman–Crippen MR) is 64.1 cm³/mol. The average molecular weight is 207 g/mol. The summed E-state index contributed by atoms with van der Waals surface area (Å²) in [4.78, 5) is 0. The zero-order chi connectivity index (χ0) is 11.3. The number of hydrogen-bond donors (Lipinski definition) is 1. The van der Waals surface area contributed by atoms with E-state index in [1.807, 2.05) is 7.05 Å². The number of nitrogens with one attached hydrogen (secondary N) is 1. The van der Waals surface area contributed by atoms with Crippen LogP contribution in [-0.2, 0) is 4.74 Å². The molecule has 84 valence electrons. The number of benzene rings is 1. The van der Waals surface area contributed by atoms with Crippen molar-refractivity contribution in [1.29, 1.82) is 0 Å². The first-order chi connectivity index (χ1) is 7.17. The Kier molecular flexibility index (Phi) is 4.79. The molecule has 2 atom stereocenters. The second-order valence-electron chi connectivity index (χ2n) is 4.04. The van der Waals surface area contributed by atoms with Crippen LogP contribution < -0.4 is 5.32 Å². The van der Waals surface area contributed by atoms with Gasteiger partial charge >= 0.3 is 0 Å². The molecule has 15 heavy (non-hydrogen) atoms. The lowest BCUT2D eigenvalue weighted by Crippen LogP contribution is -2.22. The van der Waals surface area contributed by atoms with Gasteiger partial charge in [-0.3, -0.25) is 0 Å². The fraction of sp³-hybridized carbons (Fsp3) is 0.538. The molecule has 2 unspecified atom stereocenters. The first kappa shape index (κ1) is 12.2. The monoisotopic (exact) mass is 207 g/mol. The number of methoxy groups -OCH3 is 1. The van der Waals surface area contributed by atoms with Crippen LogP contribution >= 0.6 is 0 Å². The maximum Gasteiger partial charge on any atom is 0.0561 e. The lowest BCUT2D eigenvalue weighted by molar-refractivity contribution is 0.101. The molecule has 0 heterocycles. The normalized spacial score (nSPS) is 14.9.